The summed E-state index contributed by atoms with van der Waals surface area (Å²) in [6.07, 6.45) is -0.707. The highest BCUT2D eigenvalue weighted by Crippen LogP contribution is 2.28. The quantitative estimate of drug-likeness (QED) is 0.836. The zero-order valence-electron chi connectivity index (χ0n) is 11.3. The smallest absolute Gasteiger partial charge is 0.265 e. The predicted molar refractivity (Wildman–Crippen MR) is 86.0 cm³/mol. The largest absolute Gasteiger partial charge is 0.479 e. The van der Waals surface area contributed by atoms with Gasteiger partial charge in [0.05, 0.1) is 5.02 Å². The van der Waals surface area contributed by atoms with E-state index in [1.54, 1.807) is 49.4 Å². The van der Waals surface area contributed by atoms with Crippen LogP contribution >= 0.6 is 23.2 Å². The SMILES string of the molecule is C[C@@H](Oc1ccc(Cl)cc1Cl)C(=O)Nc1ccc(N)cc1. The summed E-state index contributed by atoms with van der Waals surface area (Å²) in [7, 11) is 0. The van der Waals surface area contributed by atoms with Crippen LogP contribution in [-0.2, 0) is 4.79 Å². The van der Waals surface area contributed by atoms with E-state index in [-0.39, 0.29) is 5.91 Å². The Morgan fingerprint density at radius 1 is 1.19 bits per heavy atom. The fourth-order valence-corrected chi connectivity index (χ4v) is 2.08. The predicted octanol–water partition coefficient (Wildman–Crippen LogP) is 3.98. The summed E-state index contributed by atoms with van der Waals surface area (Å²) in [5, 5.41) is 3.59. The van der Waals surface area contributed by atoms with Gasteiger partial charge in [0.15, 0.2) is 6.10 Å². The minimum atomic E-state index is -0.707. The van der Waals surface area contributed by atoms with E-state index < -0.39 is 6.10 Å². The first-order chi connectivity index (χ1) is 9.95. The van der Waals surface area contributed by atoms with E-state index in [0.717, 1.165) is 0 Å². The molecule has 0 saturated carbocycles. The summed E-state index contributed by atoms with van der Waals surface area (Å²) in [4.78, 5) is 12.0. The summed E-state index contributed by atoms with van der Waals surface area (Å²) in [5.74, 6) is 0.117. The van der Waals surface area contributed by atoms with Gasteiger partial charge in [0.25, 0.3) is 5.91 Å². The second-order valence-corrected chi connectivity index (χ2v) is 5.29. The first-order valence-corrected chi connectivity index (χ1v) is 6.99. The topological polar surface area (TPSA) is 64.3 Å². The number of nitrogen functional groups attached to an aromatic ring is 1. The first-order valence-electron chi connectivity index (χ1n) is 6.24. The van der Waals surface area contributed by atoms with E-state index in [0.29, 0.717) is 27.2 Å². The molecule has 0 heterocycles. The van der Waals surface area contributed by atoms with Gasteiger partial charge in [-0.3, -0.25) is 4.79 Å². The average Bonchev–Trinajstić information content (AvgIpc) is 2.44. The van der Waals surface area contributed by atoms with Crippen molar-refractivity contribution >= 4 is 40.5 Å². The third-order valence-corrected chi connectivity index (χ3v) is 3.28. The van der Waals surface area contributed by atoms with Crippen LogP contribution in [0.25, 0.3) is 0 Å². The molecule has 0 aliphatic heterocycles. The molecule has 1 amide bonds. The van der Waals surface area contributed by atoms with Gasteiger partial charge in [0.2, 0.25) is 0 Å². The highest BCUT2D eigenvalue weighted by Gasteiger charge is 2.16. The van der Waals surface area contributed by atoms with Gasteiger partial charge >= 0.3 is 0 Å². The zero-order chi connectivity index (χ0) is 15.4. The number of hydrogen-bond donors (Lipinski definition) is 2. The van der Waals surface area contributed by atoms with E-state index in [2.05, 4.69) is 5.32 Å². The lowest BCUT2D eigenvalue weighted by Gasteiger charge is -2.15. The summed E-state index contributed by atoms with van der Waals surface area (Å²) >= 11 is 11.8. The van der Waals surface area contributed by atoms with Gasteiger partial charge in [-0.1, -0.05) is 23.2 Å². The van der Waals surface area contributed by atoms with Crippen molar-refractivity contribution in [3.63, 3.8) is 0 Å². The number of carbonyl (C=O) groups is 1. The highest BCUT2D eigenvalue weighted by molar-refractivity contribution is 6.35. The molecule has 0 unspecified atom stereocenters. The van der Waals surface area contributed by atoms with Crippen LogP contribution < -0.4 is 15.8 Å². The maximum absolute atomic E-state index is 12.0. The fourth-order valence-electron chi connectivity index (χ4n) is 1.63. The lowest BCUT2D eigenvalue weighted by Crippen LogP contribution is -2.30. The van der Waals surface area contributed by atoms with E-state index in [4.69, 9.17) is 33.7 Å². The van der Waals surface area contributed by atoms with Crippen LogP contribution in [0.1, 0.15) is 6.92 Å². The number of halogens is 2. The second kappa shape index (κ2) is 6.70. The van der Waals surface area contributed by atoms with Crippen molar-refractivity contribution in [1.29, 1.82) is 0 Å². The summed E-state index contributed by atoms with van der Waals surface area (Å²) in [6, 6.07) is 11.7. The molecule has 0 aromatic heterocycles. The van der Waals surface area contributed by atoms with Crippen LogP contribution in [0.2, 0.25) is 10.0 Å². The molecule has 1 atom stereocenters. The van der Waals surface area contributed by atoms with Gasteiger partial charge < -0.3 is 15.8 Å². The first kappa shape index (κ1) is 15.5. The van der Waals surface area contributed by atoms with Crippen molar-refractivity contribution < 1.29 is 9.53 Å². The number of anilines is 2. The maximum Gasteiger partial charge on any atom is 0.265 e. The van der Waals surface area contributed by atoms with Gasteiger partial charge in [-0.15, -0.1) is 0 Å². The van der Waals surface area contributed by atoms with Crippen LogP contribution in [0.4, 0.5) is 11.4 Å². The number of benzene rings is 2. The molecule has 0 aliphatic rings. The fraction of sp³-hybridized carbons (Fsp3) is 0.133. The highest BCUT2D eigenvalue weighted by atomic mass is 35.5. The Morgan fingerprint density at radius 3 is 2.48 bits per heavy atom. The normalized spacial score (nSPS) is 11.8. The Bertz CT molecular complexity index is 645. The number of hydrogen-bond acceptors (Lipinski definition) is 3. The van der Waals surface area contributed by atoms with Gasteiger partial charge in [-0.2, -0.15) is 0 Å². The number of amides is 1. The Morgan fingerprint density at radius 2 is 1.86 bits per heavy atom. The Kier molecular flexibility index (Phi) is 4.94. The monoisotopic (exact) mass is 324 g/mol. The van der Waals surface area contributed by atoms with E-state index >= 15 is 0 Å². The van der Waals surface area contributed by atoms with Crippen molar-refractivity contribution in [1.82, 2.24) is 0 Å². The molecule has 110 valence electrons. The van der Waals surface area contributed by atoms with Crippen molar-refractivity contribution in [2.24, 2.45) is 0 Å². The molecule has 0 bridgehead atoms. The van der Waals surface area contributed by atoms with E-state index in [1.165, 1.54) is 0 Å². The van der Waals surface area contributed by atoms with Crippen molar-refractivity contribution in [2.45, 2.75) is 13.0 Å². The molecule has 0 aliphatic carbocycles. The van der Waals surface area contributed by atoms with Crippen LogP contribution in [0.3, 0.4) is 0 Å². The van der Waals surface area contributed by atoms with E-state index in [9.17, 15) is 4.79 Å². The van der Waals surface area contributed by atoms with Gasteiger partial charge in [0.1, 0.15) is 5.75 Å². The molecule has 6 heteroatoms. The van der Waals surface area contributed by atoms with Crippen molar-refractivity contribution in [3.8, 4) is 5.75 Å². The molecule has 0 fully saturated rings. The summed E-state index contributed by atoms with van der Waals surface area (Å²) < 4.78 is 5.53. The number of carbonyl (C=O) groups excluding carboxylic acids is 1. The molecule has 0 radical (unpaired) electrons. The lowest BCUT2D eigenvalue weighted by atomic mass is 10.2. The second-order valence-electron chi connectivity index (χ2n) is 4.45. The molecule has 2 aromatic rings. The summed E-state index contributed by atoms with van der Waals surface area (Å²) in [6.45, 7) is 1.64. The van der Waals surface area contributed by atoms with E-state index in [1.807, 2.05) is 0 Å². The molecule has 2 rings (SSSR count). The van der Waals surface area contributed by atoms with Crippen LogP contribution in [0.15, 0.2) is 42.5 Å². The molecule has 0 saturated heterocycles. The summed E-state index contributed by atoms with van der Waals surface area (Å²) in [5.41, 5.74) is 6.86. The minimum Gasteiger partial charge on any atom is -0.479 e. The lowest BCUT2D eigenvalue weighted by molar-refractivity contribution is -0.122. The van der Waals surface area contributed by atoms with Gasteiger partial charge in [0, 0.05) is 16.4 Å². The van der Waals surface area contributed by atoms with Gasteiger partial charge in [-0.05, 0) is 49.4 Å². The van der Waals surface area contributed by atoms with Crippen LogP contribution in [-0.4, -0.2) is 12.0 Å². The zero-order valence-corrected chi connectivity index (χ0v) is 12.8. The number of nitrogens with one attached hydrogen (secondary N) is 1. The molecule has 4 nitrogen and oxygen atoms in total. The molecular weight excluding hydrogens is 311 g/mol. The standard InChI is InChI=1S/C15H14Cl2N2O2/c1-9(21-14-7-2-10(16)8-13(14)17)15(20)19-12-5-3-11(18)4-6-12/h2-9H,18H2,1H3,(H,19,20)/t9-/m1/s1. The number of rotatable bonds is 4. The molecule has 2 aromatic carbocycles. The van der Waals surface area contributed by atoms with Crippen LogP contribution in [0.5, 0.6) is 5.75 Å². The maximum atomic E-state index is 12.0. The third-order valence-electron chi connectivity index (χ3n) is 2.75. The number of nitrogens with two attached hydrogens (primary N) is 1. The van der Waals surface area contributed by atoms with Crippen molar-refractivity contribution in [2.75, 3.05) is 11.1 Å². The minimum absolute atomic E-state index is 0.286. The van der Waals surface area contributed by atoms with Crippen molar-refractivity contribution in [3.05, 3.63) is 52.5 Å². The molecule has 3 N–H and O–H groups in total. The third kappa shape index (κ3) is 4.28. The van der Waals surface area contributed by atoms with Crippen LogP contribution in [0, 0.1) is 0 Å². The Labute approximate surface area is 132 Å². The molecular formula is C15H14Cl2N2O2. The molecule has 21 heavy (non-hydrogen) atoms. The Hall–Kier alpha value is -1.91. The Balaban J connectivity index is 2.00. The van der Waals surface area contributed by atoms with Gasteiger partial charge in [-0.25, -0.2) is 0 Å². The number of ether oxygens (including phenoxy) is 1. The average molecular weight is 325 g/mol. The molecule has 0 spiro atoms.